The first-order chi connectivity index (χ1) is 15.2. The first-order valence-electron chi connectivity index (χ1n) is 11.5. The van der Waals surface area contributed by atoms with Gasteiger partial charge < -0.3 is 4.90 Å². The normalized spacial score (nSPS) is 18.0. The van der Waals surface area contributed by atoms with Crippen LogP contribution in [-0.4, -0.2) is 65.9 Å². The fourth-order valence-corrected chi connectivity index (χ4v) is 4.60. The van der Waals surface area contributed by atoms with Crippen molar-refractivity contribution in [3.8, 4) is 0 Å². The molecule has 0 bridgehead atoms. The zero-order valence-corrected chi connectivity index (χ0v) is 18.2. The second-order valence-corrected chi connectivity index (χ2v) is 8.51. The quantitative estimate of drug-likeness (QED) is 0.718. The van der Waals surface area contributed by atoms with Gasteiger partial charge in [-0.1, -0.05) is 43.5 Å². The van der Waals surface area contributed by atoms with Crippen LogP contribution < -0.4 is 4.90 Å². The number of piperazine rings is 1. The van der Waals surface area contributed by atoms with E-state index in [-0.39, 0.29) is 17.7 Å². The lowest BCUT2D eigenvalue weighted by Crippen LogP contribution is -2.51. The maximum Gasteiger partial charge on any atom is 0.253 e. The SMILES string of the molecule is O=C(c1ccccc1)N1CCN(CCN(C(=O)C2CCCCC2)c2ccccn2)CC1. The Labute approximate surface area is 184 Å². The molecule has 31 heavy (non-hydrogen) atoms. The average Bonchev–Trinajstić information content (AvgIpc) is 2.86. The molecule has 0 atom stereocenters. The summed E-state index contributed by atoms with van der Waals surface area (Å²) >= 11 is 0. The van der Waals surface area contributed by atoms with E-state index in [1.54, 1.807) is 6.20 Å². The maximum absolute atomic E-state index is 13.3. The second kappa shape index (κ2) is 10.5. The van der Waals surface area contributed by atoms with E-state index in [9.17, 15) is 9.59 Å². The summed E-state index contributed by atoms with van der Waals surface area (Å²) in [5.41, 5.74) is 0.746. The molecule has 2 aromatic rings. The molecular weight excluding hydrogens is 388 g/mol. The largest absolute Gasteiger partial charge is 0.336 e. The van der Waals surface area contributed by atoms with Crippen LogP contribution in [0.1, 0.15) is 42.5 Å². The van der Waals surface area contributed by atoms with Gasteiger partial charge in [0, 0.05) is 56.9 Å². The number of rotatable bonds is 6. The fourth-order valence-electron chi connectivity index (χ4n) is 4.60. The summed E-state index contributed by atoms with van der Waals surface area (Å²) in [6.07, 6.45) is 7.25. The van der Waals surface area contributed by atoms with Crippen LogP contribution in [0.15, 0.2) is 54.7 Å². The van der Waals surface area contributed by atoms with E-state index in [4.69, 9.17) is 0 Å². The summed E-state index contributed by atoms with van der Waals surface area (Å²) in [6, 6.07) is 15.2. The van der Waals surface area contributed by atoms with Gasteiger partial charge in [-0.05, 0) is 37.1 Å². The maximum atomic E-state index is 13.3. The molecule has 1 saturated carbocycles. The Morgan fingerprint density at radius 2 is 1.61 bits per heavy atom. The Balaban J connectivity index is 1.33. The number of anilines is 1. The molecule has 6 heteroatoms. The Bertz CT molecular complexity index is 844. The van der Waals surface area contributed by atoms with E-state index < -0.39 is 0 Å². The highest BCUT2D eigenvalue weighted by molar-refractivity contribution is 5.94. The lowest BCUT2D eigenvalue weighted by atomic mass is 9.88. The molecule has 0 N–H and O–H groups in total. The van der Waals surface area contributed by atoms with Crippen LogP contribution in [0.4, 0.5) is 5.82 Å². The number of aromatic nitrogens is 1. The lowest BCUT2D eigenvalue weighted by Gasteiger charge is -2.36. The minimum atomic E-state index is 0.0999. The number of carbonyl (C=O) groups is 2. The smallest absolute Gasteiger partial charge is 0.253 e. The van der Waals surface area contributed by atoms with Crippen LogP contribution in [0.2, 0.25) is 0 Å². The van der Waals surface area contributed by atoms with Crippen molar-refractivity contribution in [1.29, 1.82) is 0 Å². The summed E-state index contributed by atoms with van der Waals surface area (Å²) < 4.78 is 0. The van der Waals surface area contributed by atoms with Gasteiger partial charge in [0.1, 0.15) is 5.82 Å². The van der Waals surface area contributed by atoms with E-state index in [1.807, 2.05) is 58.3 Å². The number of nitrogens with zero attached hydrogens (tertiary/aromatic N) is 4. The highest BCUT2D eigenvalue weighted by Gasteiger charge is 2.28. The summed E-state index contributed by atoms with van der Waals surface area (Å²) in [7, 11) is 0. The first-order valence-corrected chi connectivity index (χ1v) is 11.5. The number of pyridine rings is 1. The molecule has 4 rings (SSSR count). The van der Waals surface area contributed by atoms with Crippen molar-refractivity contribution < 1.29 is 9.59 Å². The monoisotopic (exact) mass is 420 g/mol. The van der Waals surface area contributed by atoms with E-state index in [2.05, 4.69) is 9.88 Å². The molecule has 1 aromatic carbocycles. The van der Waals surface area contributed by atoms with Gasteiger partial charge in [-0.15, -0.1) is 0 Å². The van der Waals surface area contributed by atoms with Gasteiger partial charge in [0.2, 0.25) is 5.91 Å². The standard InChI is InChI=1S/C25H32N4O2/c30-24(21-9-3-1-4-10-21)28-18-15-27(16-19-28)17-20-29(23-13-7-8-14-26-23)25(31)22-11-5-2-6-12-22/h1,3-4,7-10,13-14,22H,2,5-6,11-12,15-20H2. The van der Waals surface area contributed by atoms with E-state index in [1.165, 1.54) is 6.42 Å². The van der Waals surface area contributed by atoms with Crippen LogP contribution in [0.3, 0.4) is 0 Å². The van der Waals surface area contributed by atoms with Gasteiger partial charge in [-0.3, -0.25) is 19.4 Å². The Morgan fingerprint density at radius 1 is 0.903 bits per heavy atom. The number of hydrogen-bond acceptors (Lipinski definition) is 4. The van der Waals surface area contributed by atoms with Crippen molar-refractivity contribution >= 4 is 17.6 Å². The topological polar surface area (TPSA) is 56.8 Å². The fraction of sp³-hybridized carbons (Fsp3) is 0.480. The Morgan fingerprint density at radius 3 is 2.29 bits per heavy atom. The number of amides is 2. The van der Waals surface area contributed by atoms with E-state index in [0.29, 0.717) is 19.6 Å². The van der Waals surface area contributed by atoms with Crippen molar-refractivity contribution in [2.24, 2.45) is 5.92 Å². The molecule has 1 aromatic heterocycles. The van der Waals surface area contributed by atoms with Crippen molar-refractivity contribution in [2.75, 3.05) is 44.2 Å². The zero-order valence-electron chi connectivity index (χ0n) is 18.2. The molecule has 2 fully saturated rings. The first kappa shape index (κ1) is 21.5. The van der Waals surface area contributed by atoms with Gasteiger partial charge in [-0.2, -0.15) is 0 Å². The van der Waals surface area contributed by atoms with Crippen molar-refractivity contribution in [2.45, 2.75) is 32.1 Å². The molecule has 2 amide bonds. The number of carbonyl (C=O) groups excluding carboxylic acids is 2. The predicted molar refractivity (Wildman–Crippen MR) is 122 cm³/mol. The van der Waals surface area contributed by atoms with Crippen LogP contribution >= 0.6 is 0 Å². The summed E-state index contributed by atoms with van der Waals surface area (Å²) in [5, 5.41) is 0. The summed E-state index contributed by atoms with van der Waals surface area (Å²) in [5.74, 6) is 1.19. The van der Waals surface area contributed by atoms with Crippen LogP contribution in [0.25, 0.3) is 0 Å². The predicted octanol–water partition coefficient (Wildman–Crippen LogP) is 3.45. The summed E-state index contributed by atoms with van der Waals surface area (Å²) in [6.45, 7) is 4.52. The van der Waals surface area contributed by atoms with Gasteiger partial charge in [0.25, 0.3) is 5.91 Å². The van der Waals surface area contributed by atoms with Crippen molar-refractivity contribution in [1.82, 2.24) is 14.8 Å². The number of benzene rings is 1. The van der Waals surface area contributed by atoms with Gasteiger partial charge in [0.15, 0.2) is 0 Å². The van der Waals surface area contributed by atoms with Crippen molar-refractivity contribution in [3.05, 3.63) is 60.3 Å². The van der Waals surface area contributed by atoms with Crippen molar-refractivity contribution in [3.63, 3.8) is 0 Å². The molecule has 0 radical (unpaired) electrons. The van der Waals surface area contributed by atoms with Gasteiger partial charge in [-0.25, -0.2) is 4.98 Å². The molecular formula is C25H32N4O2. The van der Waals surface area contributed by atoms with Gasteiger partial charge >= 0.3 is 0 Å². The minimum Gasteiger partial charge on any atom is -0.336 e. The molecule has 164 valence electrons. The average molecular weight is 421 g/mol. The van der Waals surface area contributed by atoms with E-state index >= 15 is 0 Å². The third-order valence-corrected chi connectivity index (χ3v) is 6.47. The Hall–Kier alpha value is -2.73. The van der Waals surface area contributed by atoms with E-state index in [0.717, 1.165) is 56.7 Å². The molecule has 2 heterocycles. The molecule has 1 aliphatic heterocycles. The Kier molecular flexibility index (Phi) is 7.30. The van der Waals surface area contributed by atoms with Crippen LogP contribution in [0, 0.1) is 5.92 Å². The molecule has 1 aliphatic carbocycles. The highest BCUT2D eigenvalue weighted by atomic mass is 16.2. The lowest BCUT2D eigenvalue weighted by molar-refractivity contribution is -0.123. The van der Waals surface area contributed by atoms with Crippen LogP contribution in [0.5, 0.6) is 0 Å². The summed E-state index contributed by atoms with van der Waals surface area (Å²) in [4.78, 5) is 36.6. The molecule has 0 unspecified atom stereocenters. The minimum absolute atomic E-state index is 0.0999. The zero-order chi connectivity index (χ0) is 21.5. The van der Waals surface area contributed by atoms with Gasteiger partial charge in [0.05, 0.1) is 0 Å². The molecule has 0 spiro atoms. The number of hydrogen-bond donors (Lipinski definition) is 0. The molecule has 6 nitrogen and oxygen atoms in total. The third kappa shape index (κ3) is 5.50. The highest BCUT2D eigenvalue weighted by Crippen LogP contribution is 2.27. The third-order valence-electron chi connectivity index (χ3n) is 6.47. The molecule has 2 aliphatic rings. The second-order valence-electron chi connectivity index (χ2n) is 8.51. The van der Waals surface area contributed by atoms with Crippen LogP contribution in [-0.2, 0) is 4.79 Å². The molecule has 1 saturated heterocycles.